The molecular weight excluding hydrogens is 192 g/mol. The first kappa shape index (κ1) is 14.9. The average molecular weight is 218 g/mol. The molecule has 3 nitrogen and oxygen atoms in total. The summed E-state index contributed by atoms with van der Waals surface area (Å²) in [6.07, 6.45) is 8.39. The van der Waals surface area contributed by atoms with Gasteiger partial charge >= 0.3 is 0 Å². The van der Waals surface area contributed by atoms with Gasteiger partial charge in [-0.2, -0.15) is 0 Å². The van der Waals surface area contributed by atoms with Gasteiger partial charge in [-0.25, -0.2) is 0 Å². The van der Waals surface area contributed by atoms with Crippen LogP contribution in [-0.4, -0.2) is 35.6 Å². The highest BCUT2D eigenvalue weighted by atomic mass is 16.5. The molecule has 1 rings (SSSR count). The highest BCUT2D eigenvalue weighted by Crippen LogP contribution is 2.15. The van der Waals surface area contributed by atoms with Crippen LogP contribution in [0.25, 0.3) is 0 Å². The predicted molar refractivity (Wildman–Crippen MR) is 61.9 cm³/mol. The highest BCUT2D eigenvalue weighted by Gasteiger charge is 2.00. The topological polar surface area (TPSA) is 49.7 Å². The number of hydrogen-bond donors (Lipinski definition) is 2. The molecule has 0 aromatic rings. The summed E-state index contributed by atoms with van der Waals surface area (Å²) in [4.78, 5) is 0. The van der Waals surface area contributed by atoms with Crippen molar-refractivity contribution in [2.75, 3.05) is 13.2 Å². The lowest BCUT2D eigenvalue weighted by molar-refractivity contribution is -0.0177. The highest BCUT2D eigenvalue weighted by molar-refractivity contribution is 4.51. The summed E-state index contributed by atoms with van der Waals surface area (Å²) >= 11 is 0. The Kier molecular flexibility index (Phi) is 10.3. The van der Waals surface area contributed by atoms with E-state index in [-0.39, 0.29) is 12.7 Å². The van der Waals surface area contributed by atoms with Crippen molar-refractivity contribution in [3.8, 4) is 0 Å². The van der Waals surface area contributed by atoms with Crippen molar-refractivity contribution in [3.63, 3.8) is 0 Å². The number of ether oxygens (including phenoxy) is 1. The summed E-state index contributed by atoms with van der Waals surface area (Å²) in [7, 11) is 0. The van der Waals surface area contributed by atoms with Crippen molar-refractivity contribution >= 4 is 0 Å². The second kappa shape index (κ2) is 10.4. The molecule has 0 radical (unpaired) electrons. The predicted octanol–water partition coefficient (Wildman–Crippen LogP) is 2.11. The third kappa shape index (κ3) is 11.8. The number of aliphatic hydroxyl groups excluding tert-OH is 2. The zero-order chi connectivity index (χ0) is 11.5. The van der Waals surface area contributed by atoms with E-state index in [0.717, 1.165) is 0 Å². The average Bonchev–Trinajstić information content (AvgIpc) is 2.29. The van der Waals surface area contributed by atoms with Gasteiger partial charge in [0.25, 0.3) is 0 Å². The molecule has 0 aromatic heterocycles. The third-order valence-electron chi connectivity index (χ3n) is 2.38. The first-order valence-corrected chi connectivity index (χ1v) is 6.07. The molecule has 2 atom stereocenters. The van der Waals surface area contributed by atoms with Gasteiger partial charge in [-0.3, -0.25) is 0 Å². The van der Waals surface area contributed by atoms with Gasteiger partial charge in [-0.15, -0.1) is 0 Å². The van der Waals surface area contributed by atoms with E-state index in [1.807, 2.05) is 0 Å². The number of rotatable bonds is 4. The molecule has 1 saturated carbocycles. The summed E-state index contributed by atoms with van der Waals surface area (Å²) in [5.74, 6) is 0. The first-order valence-electron chi connectivity index (χ1n) is 6.07. The maximum atomic E-state index is 8.69. The zero-order valence-corrected chi connectivity index (χ0v) is 10.1. The van der Waals surface area contributed by atoms with E-state index in [1.54, 1.807) is 13.8 Å². The quantitative estimate of drug-likeness (QED) is 0.760. The van der Waals surface area contributed by atoms with Gasteiger partial charge in [-0.05, 0) is 13.8 Å². The summed E-state index contributed by atoms with van der Waals surface area (Å²) in [6.45, 7) is 3.70. The molecule has 0 heterocycles. The van der Waals surface area contributed by atoms with Crippen LogP contribution in [0.5, 0.6) is 0 Å². The van der Waals surface area contributed by atoms with Crippen LogP contribution < -0.4 is 0 Å². The van der Waals surface area contributed by atoms with Gasteiger partial charge in [0.15, 0.2) is 0 Å². The molecule has 0 saturated heterocycles. The summed E-state index contributed by atoms with van der Waals surface area (Å²) in [5.41, 5.74) is 0. The van der Waals surface area contributed by atoms with Crippen molar-refractivity contribution < 1.29 is 14.9 Å². The fraction of sp³-hybridized carbons (Fsp3) is 1.00. The van der Waals surface area contributed by atoms with Crippen LogP contribution >= 0.6 is 0 Å². The lowest BCUT2D eigenvalue weighted by Crippen LogP contribution is -2.19. The van der Waals surface area contributed by atoms with E-state index in [0.29, 0.717) is 6.61 Å². The lowest BCUT2D eigenvalue weighted by atomic mass is 10.0. The Morgan fingerprint density at radius 1 is 1.00 bits per heavy atom. The van der Waals surface area contributed by atoms with Gasteiger partial charge in [0.1, 0.15) is 0 Å². The van der Waals surface area contributed by atoms with Gasteiger partial charge in [-0.1, -0.05) is 38.5 Å². The van der Waals surface area contributed by atoms with E-state index in [9.17, 15) is 0 Å². The van der Waals surface area contributed by atoms with Gasteiger partial charge in [0.05, 0.1) is 25.4 Å². The second-order valence-corrected chi connectivity index (χ2v) is 4.30. The lowest BCUT2D eigenvalue weighted by Gasteiger charge is -2.10. The Hall–Kier alpha value is -0.120. The molecule has 1 aliphatic rings. The number of aliphatic hydroxyl groups is 2. The summed E-state index contributed by atoms with van der Waals surface area (Å²) < 4.78 is 4.95. The van der Waals surface area contributed by atoms with Crippen molar-refractivity contribution in [1.82, 2.24) is 0 Å². The molecule has 2 N–H and O–H groups in total. The fourth-order valence-electron chi connectivity index (χ4n) is 1.42. The summed E-state index contributed by atoms with van der Waals surface area (Å²) in [6, 6.07) is 0. The monoisotopic (exact) mass is 218 g/mol. The standard InChI is InChI=1S/C6H14O3.C6H12/c1-5(8)4-9-6(2)3-7;1-2-4-6-5-3-1/h5-8H,3-4H2,1-2H3;1-6H2. The minimum absolute atomic E-state index is 0.00667. The first-order chi connectivity index (χ1) is 7.16. The molecule has 15 heavy (non-hydrogen) atoms. The van der Waals surface area contributed by atoms with Gasteiger partial charge in [0, 0.05) is 0 Å². The summed E-state index contributed by atoms with van der Waals surface area (Å²) in [5, 5.41) is 17.1. The number of hydrogen-bond acceptors (Lipinski definition) is 3. The third-order valence-corrected chi connectivity index (χ3v) is 2.38. The molecule has 0 aromatic carbocycles. The van der Waals surface area contributed by atoms with Crippen molar-refractivity contribution in [3.05, 3.63) is 0 Å². The van der Waals surface area contributed by atoms with E-state index in [4.69, 9.17) is 14.9 Å². The van der Waals surface area contributed by atoms with E-state index in [2.05, 4.69) is 0 Å². The molecule has 0 aliphatic heterocycles. The van der Waals surface area contributed by atoms with Crippen LogP contribution in [0.1, 0.15) is 52.4 Å². The zero-order valence-electron chi connectivity index (χ0n) is 10.1. The SMILES string of the molecule is C1CCCCC1.CC(O)COC(C)CO. The largest absolute Gasteiger partial charge is 0.394 e. The maximum absolute atomic E-state index is 8.69. The smallest absolute Gasteiger partial charge is 0.0779 e. The van der Waals surface area contributed by atoms with Crippen molar-refractivity contribution in [2.24, 2.45) is 0 Å². The minimum atomic E-state index is -0.445. The minimum Gasteiger partial charge on any atom is -0.394 e. The van der Waals surface area contributed by atoms with Crippen LogP contribution in [0.3, 0.4) is 0 Å². The molecule has 1 aliphatic carbocycles. The molecule has 0 spiro atoms. The normalized spacial score (nSPS) is 20.0. The molecule has 92 valence electrons. The molecular formula is C12H26O3. The van der Waals surface area contributed by atoms with Gasteiger partial charge < -0.3 is 14.9 Å². The second-order valence-electron chi connectivity index (χ2n) is 4.30. The van der Waals surface area contributed by atoms with Crippen LogP contribution in [0.15, 0.2) is 0 Å². The van der Waals surface area contributed by atoms with E-state index < -0.39 is 6.10 Å². The molecule has 0 amide bonds. The van der Waals surface area contributed by atoms with Crippen LogP contribution in [0.4, 0.5) is 0 Å². The Bertz CT molecular complexity index is 111. The van der Waals surface area contributed by atoms with Crippen molar-refractivity contribution in [1.29, 1.82) is 0 Å². The molecule has 2 unspecified atom stereocenters. The van der Waals surface area contributed by atoms with Crippen LogP contribution in [0, 0.1) is 0 Å². The van der Waals surface area contributed by atoms with E-state index >= 15 is 0 Å². The van der Waals surface area contributed by atoms with Gasteiger partial charge in [0.2, 0.25) is 0 Å². The molecule has 0 bridgehead atoms. The fourth-order valence-corrected chi connectivity index (χ4v) is 1.42. The maximum Gasteiger partial charge on any atom is 0.0779 e. The Morgan fingerprint density at radius 3 is 1.67 bits per heavy atom. The van der Waals surface area contributed by atoms with Crippen LogP contribution in [-0.2, 0) is 4.74 Å². The van der Waals surface area contributed by atoms with Crippen molar-refractivity contribution in [2.45, 2.75) is 64.6 Å². The Labute approximate surface area is 93.5 Å². The Balaban J connectivity index is 0.000000280. The van der Waals surface area contributed by atoms with E-state index in [1.165, 1.54) is 38.5 Å². The molecule has 1 fully saturated rings. The molecule has 3 heteroatoms. The van der Waals surface area contributed by atoms with Crippen LogP contribution in [0.2, 0.25) is 0 Å². The Morgan fingerprint density at radius 2 is 1.40 bits per heavy atom.